The fourth-order valence-electron chi connectivity index (χ4n) is 9.36. The summed E-state index contributed by atoms with van der Waals surface area (Å²) in [6, 6.07) is 12.4. The molecule has 0 aliphatic carbocycles. The number of nitrogens with one attached hydrogen (secondary N) is 3. The summed E-state index contributed by atoms with van der Waals surface area (Å²) in [6.45, 7) is 5.99. The molecule has 64 heavy (non-hydrogen) atoms. The van der Waals surface area contributed by atoms with Crippen LogP contribution in [0.5, 0.6) is 0 Å². The molecular weight excluding hydrogens is 854 g/mol. The highest BCUT2D eigenvalue weighted by molar-refractivity contribution is 7.90. The van der Waals surface area contributed by atoms with E-state index in [0.717, 1.165) is 79.3 Å². The van der Waals surface area contributed by atoms with E-state index in [0.29, 0.717) is 46.6 Å². The van der Waals surface area contributed by atoms with Crippen molar-refractivity contribution in [2.75, 3.05) is 73.4 Å². The van der Waals surface area contributed by atoms with E-state index in [1.807, 2.05) is 29.0 Å². The maximum atomic E-state index is 15.7. The third-order valence-corrected chi connectivity index (χ3v) is 14.4. The highest BCUT2D eigenvalue weighted by Gasteiger charge is 2.40. The van der Waals surface area contributed by atoms with E-state index in [2.05, 4.69) is 36.1 Å². The molecule has 1 unspecified atom stereocenters. The predicted molar refractivity (Wildman–Crippen MR) is 230 cm³/mol. The summed E-state index contributed by atoms with van der Waals surface area (Å²) in [7, 11) is -4.36. The van der Waals surface area contributed by atoms with E-state index in [9.17, 15) is 32.0 Å². The van der Waals surface area contributed by atoms with Gasteiger partial charge in [-0.05, 0) is 66.9 Å². The molecular formula is C44H43F3N10O6S. The number of hydrogen-bond donors (Lipinski definition) is 3. The van der Waals surface area contributed by atoms with Gasteiger partial charge in [-0.2, -0.15) is 12.7 Å². The largest absolute Gasteiger partial charge is 0.369 e. The monoisotopic (exact) mass is 896 g/mol. The first-order valence-corrected chi connectivity index (χ1v) is 22.6. The van der Waals surface area contributed by atoms with Gasteiger partial charge >= 0.3 is 10.2 Å². The van der Waals surface area contributed by atoms with Crippen molar-refractivity contribution < 1.29 is 40.8 Å². The standard InChI is InChI=1S/C44H43F3N10O6S/c45-29-9-10-56(24-29)64(62,63)52-35-5-4-34(46)39(40(35)47)41(59)33-19-50-42-32(33)16-27(18-49-42)26-1-7-37(48-17-26)55-21-25(22-55)20-53-11-13-54(14-12-53)30-2-3-31-28(15-30)23-57(44(31)61)36-6-8-38(58)51-43(36)60/h1-5,7,15-19,25,29,36,52H,6,8-14,20-24H2,(H,49,50)(H,51,58,60)/t29-,36?/m1/s1. The zero-order valence-electron chi connectivity index (χ0n) is 34.4. The first-order valence-electron chi connectivity index (χ1n) is 21.2. The molecule has 16 nitrogen and oxygen atoms in total. The van der Waals surface area contributed by atoms with Crippen molar-refractivity contribution in [1.29, 1.82) is 0 Å². The number of halogens is 3. The number of alkyl halides is 1. The molecule has 20 heteroatoms. The van der Waals surface area contributed by atoms with Gasteiger partial charge in [0.1, 0.15) is 29.5 Å². The minimum absolute atomic E-state index is 0.00151. The zero-order valence-corrected chi connectivity index (χ0v) is 35.2. The average Bonchev–Trinajstić information content (AvgIpc) is 4.00. The molecule has 3 aromatic heterocycles. The van der Waals surface area contributed by atoms with Crippen molar-refractivity contribution in [1.82, 2.24) is 34.4 Å². The van der Waals surface area contributed by atoms with Crippen LogP contribution in [-0.4, -0.2) is 132 Å². The van der Waals surface area contributed by atoms with Crippen molar-refractivity contribution in [2.45, 2.75) is 38.0 Å². The van der Waals surface area contributed by atoms with Crippen LogP contribution < -0.4 is 19.8 Å². The SMILES string of the molecule is O=C1CCC(N2Cc3cc(N4CCN(CC5CN(c6ccc(-c7cnc8[nH]cc(C(=O)c9c(F)ccc(NS(=O)(=O)N%10CC[C@@H](F)C%10)c9F)c8c7)cn6)C5)CC4)ccc3C2=O)C(=O)N1. The number of aromatic nitrogens is 3. The Bertz CT molecular complexity index is 2830. The van der Waals surface area contributed by atoms with Crippen LogP contribution in [0.15, 0.2) is 67.1 Å². The summed E-state index contributed by atoms with van der Waals surface area (Å²) >= 11 is 0. The van der Waals surface area contributed by atoms with Crippen molar-refractivity contribution >= 4 is 61.9 Å². The minimum Gasteiger partial charge on any atom is -0.369 e. The molecule has 0 saturated carbocycles. The summed E-state index contributed by atoms with van der Waals surface area (Å²) in [5, 5.41) is 2.65. The van der Waals surface area contributed by atoms with Gasteiger partial charge in [0.25, 0.3) is 5.91 Å². The van der Waals surface area contributed by atoms with Crippen LogP contribution in [-0.2, 0) is 26.3 Å². The molecule has 5 aliphatic heterocycles. The van der Waals surface area contributed by atoms with Crippen molar-refractivity contribution in [3.8, 4) is 11.1 Å². The lowest BCUT2D eigenvalue weighted by Gasteiger charge is -2.44. The second kappa shape index (κ2) is 16.3. The Morgan fingerprint density at radius 3 is 2.41 bits per heavy atom. The summed E-state index contributed by atoms with van der Waals surface area (Å²) in [4.78, 5) is 71.5. The van der Waals surface area contributed by atoms with Crippen LogP contribution in [0.3, 0.4) is 0 Å². The molecule has 4 fully saturated rings. The van der Waals surface area contributed by atoms with Gasteiger partial charge in [0.15, 0.2) is 5.82 Å². The Morgan fingerprint density at radius 1 is 0.875 bits per heavy atom. The first-order chi connectivity index (χ1) is 30.8. The van der Waals surface area contributed by atoms with Crippen LogP contribution >= 0.6 is 0 Å². The lowest BCUT2D eigenvalue weighted by Crippen LogP contribution is -2.55. The van der Waals surface area contributed by atoms with Crippen LogP contribution in [0, 0.1) is 17.6 Å². The highest BCUT2D eigenvalue weighted by Crippen LogP contribution is 2.34. The number of benzene rings is 2. The number of imide groups is 1. The summed E-state index contributed by atoms with van der Waals surface area (Å²) in [6.07, 6.45) is 3.80. The van der Waals surface area contributed by atoms with Crippen LogP contribution in [0.25, 0.3) is 22.2 Å². The number of piperidine rings is 1. The Labute approximate surface area is 365 Å². The maximum Gasteiger partial charge on any atom is 0.301 e. The number of aromatic amines is 1. The molecule has 5 aromatic rings. The molecule has 0 radical (unpaired) electrons. The molecule has 5 aliphatic rings. The van der Waals surface area contributed by atoms with Crippen molar-refractivity contribution in [3.63, 3.8) is 0 Å². The third-order valence-electron chi connectivity index (χ3n) is 12.9. The Balaban J connectivity index is 0.736. The van der Waals surface area contributed by atoms with Crippen molar-refractivity contribution in [3.05, 3.63) is 101 Å². The third kappa shape index (κ3) is 7.72. The molecule has 8 heterocycles. The Hall–Kier alpha value is -6.38. The molecule has 0 spiro atoms. The van der Waals surface area contributed by atoms with Gasteiger partial charge in [0.05, 0.1) is 11.3 Å². The number of H-pyrrole nitrogens is 1. The molecule has 3 amide bonds. The number of amides is 3. The number of anilines is 3. The second-order valence-electron chi connectivity index (χ2n) is 17.0. The molecule has 2 atom stereocenters. The number of nitrogens with zero attached hydrogens (tertiary/aromatic N) is 7. The molecule has 332 valence electrons. The van der Waals surface area contributed by atoms with Crippen LogP contribution in [0.4, 0.5) is 30.4 Å². The van der Waals surface area contributed by atoms with Gasteiger partial charge in [-0.15, -0.1) is 0 Å². The quantitative estimate of drug-likeness (QED) is 0.129. The lowest BCUT2D eigenvalue weighted by molar-refractivity contribution is -0.136. The van der Waals surface area contributed by atoms with Crippen molar-refractivity contribution in [2.24, 2.45) is 5.92 Å². The van der Waals surface area contributed by atoms with Gasteiger partial charge in [0, 0.05) is 130 Å². The molecule has 2 aromatic carbocycles. The summed E-state index contributed by atoms with van der Waals surface area (Å²) in [5.41, 5.74) is 2.52. The van der Waals surface area contributed by atoms with Gasteiger partial charge in [-0.1, -0.05) is 0 Å². The van der Waals surface area contributed by atoms with Crippen LogP contribution in [0.2, 0.25) is 0 Å². The topological polar surface area (TPSA) is 184 Å². The zero-order chi connectivity index (χ0) is 44.4. The number of piperazine rings is 1. The molecule has 3 N–H and O–H groups in total. The number of carbonyl (C=O) groups excluding carboxylic acids is 4. The Kier molecular flexibility index (Phi) is 10.6. The molecule has 0 bridgehead atoms. The number of carbonyl (C=O) groups is 4. The normalized spacial score (nSPS) is 21.1. The van der Waals surface area contributed by atoms with E-state index < -0.39 is 63.5 Å². The van der Waals surface area contributed by atoms with Gasteiger partial charge in [0.2, 0.25) is 17.6 Å². The van der Waals surface area contributed by atoms with Gasteiger partial charge < -0.3 is 19.7 Å². The van der Waals surface area contributed by atoms with Gasteiger partial charge in [-0.3, -0.25) is 34.1 Å². The van der Waals surface area contributed by atoms with E-state index in [1.54, 1.807) is 23.4 Å². The lowest BCUT2D eigenvalue weighted by atomic mass is 9.98. The number of pyridine rings is 2. The number of ketones is 1. The number of hydrogen-bond acceptors (Lipinski definition) is 11. The van der Waals surface area contributed by atoms with E-state index >= 15 is 8.78 Å². The average molecular weight is 897 g/mol. The summed E-state index contributed by atoms with van der Waals surface area (Å²) < 4.78 is 73.0. The molecule has 4 saturated heterocycles. The predicted octanol–water partition coefficient (Wildman–Crippen LogP) is 3.85. The number of fused-ring (bicyclic) bond motifs is 2. The fourth-order valence-corrected chi connectivity index (χ4v) is 10.6. The minimum atomic E-state index is -4.36. The second-order valence-corrected chi connectivity index (χ2v) is 18.7. The smallest absolute Gasteiger partial charge is 0.301 e. The van der Waals surface area contributed by atoms with E-state index in [-0.39, 0.29) is 36.8 Å². The maximum absolute atomic E-state index is 15.7. The van der Waals surface area contributed by atoms with Gasteiger partial charge in [-0.25, -0.2) is 23.1 Å². The number of rotatable bonds is 11. The highest BCUT2D eigenvalue weighted by atomic mass is 32.2. The van der Waals surface area contributed by atoms with E-state index in [1.165, 1.54) is 6.20 Å². The Morgan fingerprint density at radius 2 is 1.67 bits per heavy atom. The first kappa shape index (κ1) is 41.6. The van der Waals surface area contributed by atoms with E-state index in [4.69, 9.17) is 4.98 Å². The molecule has 10 rings (SSSR count). The summed E-state index contributed by atoms with van der Waals surface area (Å²) in [5.74, 6) is -3.21. The fraction of sp³-hybridized carbons (Fsp3) is 0.364. The van der Waals surface area contributed by atoms with Crippen LogP contribution in [0.1, 0.15) is 51.1 Å².